The molecule has 1 unspecified atom stereocenters. The molecular weight excluding hydrogens is 248 g/mol. The van der Waals surface area contributed by atoms with Crippen molar-refractivity contribution < 1.29 is 15.0 Å². The summed E-state index contributed by atoms with van der Waals surface area (Å²) < 4.78 is 0. The lowest BCUT2D eigenvalue weighted by atomic mass is 9.98. The highest BCUT2D eigenvalue weighted by Gasteiger charge is 2.27. The smallest absolute Gasteiger partial charge is 0.254 e. The number of hydrogen-bond donors (Lipinski definition) is 3. The molecule has 3 N–H and O–H groups in total. The van der Waals surface area contributed by atoms with E-state index in [0.29, 0.717) is 13.0 Å². The quantitative estimate of drug-likeness (QED) is 0.740. The second-order valence-corrected chi connectivity index (χ2v) is 4.78. The highest BCUT2D eigenvalue weighted by molar-refractivity contribution is 5.94. The van der Waals surface area contributed by atoms with Crippen LogP contribution in [0.3, 0.4) is 0 Å². The number of piperidine rings is 1. The van der Waals surface area contributed by atoms with Crippen molar-refractivity contribution in [2.75, 3.05) is 13.2 Å². The van der Waals surface area contributed by atoms with Gasteiger partial charge in [-0.1, -0.05) is 0 Å². The Morgan fingerprint density at radius 2 is 2.21 bits per heavy atom. The lowest BCUT2D eigenvalue weighted by Crippen LogP contribution is -2.44. The van der Waals surface area contributed by atoms with Crippen molar-refractivity contribution in [1.29, 1.82) is 0 Å². The van der Waals surface area contributed by atoms with Gasteiger partial charge in [-0.15, -0.1) is 0 Å². The van der Waals surface area contributed by atoms with Gasteiger partial charge < -0.3 is 15.1 Å². The number of aromatic hydroxyl groups is 1. The summed E-state index contributed by atoms with van der Waals surface area (Å²) >= 11 is 0. The fraction of sp³-hybridized carbons (Fsp3) is 0.538. The second-order valence-electron chi connectivity index (χ2n) is 4.78. The van der Waals surface area contributed by atoms with Gasteiger partial charge in [-0.25, -0.2) is 0 Å². The molecule has 1 fully saturated rings. The Balaban J connectivity index is 2.23. The van der Waals surface area contributed by atoms with Crippen LogP contribution in [-0.4, -0.2) is 45.2 Å². The Hall–Kier alpha value is -1.82. The van der Waals surface area contributed by atoms with Crippen LogP contribution in [0.25, 0.3) is 0 Å². The average molecular weight is 266 g/mol. The lowest BCUT2D eigenvalue weighted by Gasteiger charge is -2.35. The Kier molecular flexibility index (Phi) is 4.21. The van der Waals surface area contributed by atoms with Gasteiger partial charge in [0.05, 0.1) is 5.56 Å². The number of carbonyl (C=O) groups excluding carboxylic acids is 1. The zero-order valence-electron chi connectivity index (χ0n) is 10.6. The third-order valence-corrected chi connectivity index (χ3v) is 3.43. The third-order valence-electron chi connectivity index (χ3n) is 3.43. The molecule has 1 aromatic heterocycles. The van der Waals surface area contributed by atoms with Gasteiger partial charge in [0.1, 0.15) is 0 Å². The summed E-state index contributed by atoms with van der Waals surface area (Å²) in [5.74, 6) is -0.578. The summed E-state index contributed by atoms with van der Waals surface area (Å²) in [7, 11) is 0. The number of pyridine rings is 1. The van der Waals surface area contributed by atoms with E-state index in [0.717, 1.165) is 19.3 Å². The number of hydrogen-bond acceptors (Lipinski definition) is 4. The van der Waals surface area contributed by atoms with Crippen LogP contribution in [0.15, 0.2) is 16.9 Å². The van der Waals surface area contributed by atoms with Gasteiger partial charge in [-0.2, -0.15) is 0 Å². The normalized spacial score (nSPS) is 19.4. The first-order valence-electron chi connectivity index (χ1n) is 6.47. The van der Waals surface area contributed by atoms with Crippen LogP contribution in [0.4, 0.5) is 0 Å². The summed E-state index contributed by atoms with van der Waals surface area (Å²) in [5, 5.41) is 18.4. The van der Waals surface area contributed by atoms with Gasteiger partial charge in [0.2, 0.25) is 0 Å². The van der Waals surface area contributed by atoms with E-state index in [-0.39, 0.29) is 30.0 Å². The largest absolute Gasteiger partial charge is 0.494 e. The van der Waals surface area contributed by atoms with Gasteiger partial charge >= 0.3 is 0 Å². The minimum Gasteiger partial charge on any atom is -0.494 e. The zero-order chi connectivity index (χ0) is 13.8. The van der Waals surface area contributed by atoms with Crippen LogP contribution in [0.5, 0.6) is 5.88 Å². The maximum Gasteiger partial charge on any atom is 0.254 e. The molecule has 104 valence electrons. The van der Waals surface area contributed by atoms with E-state index in [1.807, 2.05) is 0 Å². The van der Waals surface area contributed by atoms with Crippen molar-refractivity contribution in [3.05, 3.63) is 28.0 Å². The fourth-order valence-corrected chi connectivity index (χ4v) is 2.53. The summed E-state index contributed by atoms with van der Waals surface area (Å²) in [5.41, 5.74) is -0.315. The first kappa shape index (κ1) is 13.6. The SMILES string of the molecule is O=C(c1cc(O)[nH]c(=O)c1)N1CCCCC1CCO. The number of aliphatic hydroxyl groups excluding tert-OH is 1. The molecule has 2 heterocycles. The second kappa shape index (κ2) is 5.88. The Morgan fingerprint density at radius 3 is 2.89 bits per heavy atom. The Bertz CT molecular complexity index is 510. The minimum absolute atomic E-state index is 0.00711. The van der Waals surface area contributed by atoms with Crippen LogP contribution >= 0.6 is 0 Å². The van der Waals surface area contributed by atoms with Crippen molar-refractivity contribution in [2.45, 2.75) is 31.7 Å². The fourth-order valence-electron chi connectivity index (χ4n) is 2.53. The van der Waals surface area contributed by atoms with Crippen LogP contribution in [0, 0.1) is 0 Å². The van der Waals surface area contributed by atoms with Gasteiger partial charge in [0.15, 0.2) is 5.88 Å². The van der Waals surface area contributed by atoms with Gasteiger partial charge in [-0.3, -0.25) is 14.6 Å². The van der Waals surface area contributed by atoms with E-state index in [9.17, 15) is 14.7 Å². The molecule has 1 amide bonds. The standard InChI is InChI=1S/C13H18N2O4/c16-6-4-10-3-1-2-5-15(10)13(19)9-7-11(17)14-12(18)8-9/h7-8,10,16H,1-6H2,(H2,14,17,18). The van der Waals surface area contributed by atoms with E-state index >= 15 is 0 Å². The molecule has 0 spiro atoms. The van der Waals surface area contributed by atoms with E-state index in [1.54, 1.807) is 4.90 Å². The maximum atomic E-state index is 12.4. The number of nitrogens with one attached hydrogen (secondary N) is 1. The van der Waals surface area contributed by atoms with Crippen molar-refractivity contribution in [1.82, 2.24) is 9.88 Å². The summed E-state index contributed by atoms with van der Waals surface area (Å²) in [6.45, 7) is 0.659. The molecule has 0 saturated carbocycles. The molecule has 19 heavy (non-hydrogen) atoms. The minimum atomic E-state index is -0.501. The number of rotatable bonds is 3. The number of amides is 1. The molecule has 1 saturated heterocycles. The summed E-state index contributed by atoms with van der Waals surface area (Å²) in [6, 6.07) is 2.45. The first-order valence-corrected chi connectivity index (χ1v) is 6.47. The third kappa shape index (κ3) is 3.14. The molecule has 6 nitrogen and oxygen atoms in total. The number of aromatic amines is 1. The van der Waals surface area contributed by atoms with Gasteiger partial charge in [0, 0.05) is 31.3 Å². The molecule has 1 aliphatic rings. The molecule has 0 bridgehead atoms. The summed E-state index contributed by atoms with van der Waals surface area (Å²) in [4.78, 5) is 27.5. The number of nitrogens with zero attached hydrogens (tertiary/aromatic N) is 1. The highest BCUT2D eigenvalue weighted by Crippen LogP contribution is 2.22. The predicted molar refractivity (Wildman–Crippen MR) is 69.1 cm³/mol. The van der Waals surface area contributed by atoms with Crippen LogP contribution in [-0.2, 0) is 0 Å². The molecule has 1 atom stereocenters. The number of aromatic nitrogens is 1. The zero-order valence-corrected chi connectivity index (χ0v) is 10.6. The lowest BCUT2D eigenvalue weighted by molar-refractivity contribution is 0.0574. The van der Waals surface area contributed by atoms with Crippen molar-refractivity contribution in [2.24, 2.45) is 0 Å². The Morgan fingerprint density at radius 1 is 1.42 bits per heavy atom. The van der Waals surface area contributed by atoms with Gasteiger partial charge in [0.25, 0.3) is 11.5 Å². The van der Waals surface area contributed by atoms with Crippen molar-refractivity contribution in [3.63, 3.8) is 0 Å². The van der Waals surface area contributed by atoms with Crippen LogP contribution < -0.4 is 5.56 Å². The number of likely N-dealkylation sites (tertiary alicyclic amines) is 1. The van der Waals surface area contributed by atoms with E-state index in [1.165, 1.54) is 12.1 Å². The topological polar surface area (TPSA) is 93.6 Å². The van der Waals surface area contributed by atoms with Crippen molar-refractivity contribution in [3.8, 4) is 5.88 Å². The molecule has 0 aromatic carbocycles. The predicted octanol–water partition coefficient (Wildman–Crippen LogP) is 0.458. The number of carbonyl (C=O) groups is 1. The number of H-pyrrole nitrogens is 1. The highest BCUT2D eigenvalue weighted by atomic mass is 16.3. The van der Waals surface area contributed by atoms with Crippen LogP contribution in [0.1, 0.15) is 36.0 Å². The van der Waals surface area contributed by atoms with E-state index in [4.69, 9.17) is 5.11 Å². The van der Waals surface area contributed by atoms with E-state index < -0.39 is 5.56 Å². The molecule has 0 aliphatic carbocycles. The molecule has 1 aliphatic heterocycles. The molecule has 1 aromatic rings. The summed E-state index contributed by atoms with van der Waals surface area (Å²) in [6.07, 6.45) is 3.36. The van der Waals surface area contributed by atoms with E-state index in [2.05, 4.69) is 4.98 Å². The monoisotopic (exact) mass is 266 g/mol. The molecular formula is C13H18N2O4. The Labute approximate surface area is 110 Å². The maximum absolute atomic E-state index is 12.4. The van der Waals surface area contributed by atoms with Gasteiger partial charge in [-0.05, 0) is 25.7 Å². The molecule has 2 rings (SSSR count). The first-order chi connectivity index (χ1) is 9.11. The van der Waals surface area contributed by atoms with Crippen molar-refractivity contribution >= 4 is 5.91 Å². The van der Waals surface area contributed by atoms with Crippen LogP contribution in [0.2, 0.25) is 0 Å². The molecule has 6 heteroatoms. The average Bonchev–Trinajstić information content (AvgIpc) is 2.38. The number of aliphatic hydroxyl groups is 1. The molecule has 0 radical (unpaired) electrons.